The lowest BCUT2D eigenvalue weighted by molar-refractivity contribution is 0.420. The normalized spacial score (nSPS) is 15.2. The molecule has 1 aliphatic carbocycles. The molecule has 5 nitrogen and oxygen atoms in total. The first-order valence-electron chi connectivity index (χ1n) is 5.09. The highest BCUT2D eigenvalue weighted by atomic mass is 16.5. The summed E-state index contributed by atoms with van der Waals surface area (Å²) in [6.07, 6.45) is 2.20. The lowest BCUT2D eigenvalue weighted by atomic mass is 10.2. The van der Waals surface area contributed by atoms with Crippen molar-refractivity contribution in [3.05, 3.63) is 24.0 Å². The molecular weight excluding hydrogens is 208 g/mol. The number of aromatic nitrogens is 2. The SMILES string of the molecule is Oc1cc(O)cc(-c2nc(C3CC3)no2)c1. The molecule has 0 amide bonds. The molecule has 2 N–H and O–H groups in total. The number of phenols is 2. The number of rotatable bonds is 2. The van der Waals surface area contributed by atoms with Gasteiger partial charge in [0.15, 0.2) is 5.82 Å². The summed E-state index contributed by atoms with van der Waals surface area (Å²) in [5.74, 6) is 1.40. The van der Waals surface area contributed by atoms with Gasteiger partial charge in [-0.25, -0.2) is 0 Å². The second kappa shape index (κ2) is 3.23. The van der Waals surface area contributed by atoms with Crippen molar-refractivity contribution >= 4 is 0 Å². The van der Waals surface area contributed by atoms with Gasteiger partial charge in [-0.15, -0.1) is 0 Å². The van der Waals surface area contributed by atoms with E-state index < -0.39 is 0 Å². The van der Waals surface area contributed by atoms with Gasteiger partial charge in [0.05, 0.1) is 0 Å². The molecule has 0 bridgehead atoms. The van der Waals surface area contributed by atoms with Crippen molar-refractivity contribution in [1.29, 1.82) is 0 Å². The Balaban J connectivity index is 2.00. The van der Waals surface area contributed by atoms with E-state index in [1.165, 1.54) is 18.2 Å². The maximum Gasteiger partial charge on any atom is 0.258 e. The summed E-state index contributed by atoms with van der Waals surface area (Å²) in [6.45, 7) is 0. The van der Waals surface area contributed by atoms with Gasteiger partial charge in [0, 0.05) is 17.5 Å². The van der Waals surface area contributed by atoms with Crippen molar-refractivity contribution in [2.75, 3.05) is 0 Å². The fourth-order valence-electron chi connectivity index (χ4n) is 1.58. The zero-order chi connectivity index (χ0) is 11.1. The molecular formula is C11H10N2O3. The van der Waals surface area contributed by atoms with Gasteiger partial charge in [-0.05, 0) is 25.0 Å². The predicted octanol–water partition coefficient (Wildman–Crippen LogP) is 2.03. The van der Waals surface area contributed by atoms with Gasteiger partial charge in [-0.2, -0.15) is 4.98 Å². The van der Waals surface area contributed by atoms with E-state index in [-0.39, 0.29) is 11.5 Å². The average Bonchev–Trinajstić information content (AvgIpc) is 2.95. The van der Waals surface area contributed by atoms with E-state index in [1.54, 1.807) is 0 Å². The van der Waals surface area contributed by atoms with E-state index >= 15 is 0 Å². The van der Waals surface area contributed by atoms with Crippen LogP contribution < -0.4 is 0 Å². The van der Waals surface area contributed by atoms with Crippen molar-refractivity contribution in [3.8, 4) is 23.0 Å². The predicted molar refractivity (Wildman–Crippen MR) is 55.0 cm³/mol. The van der Waals surface area contributed by atoms with Gasteiger partial charge >= 0.3 is 0 Å². The van der Waals surface area contributed by atoms with Crippen LogP contribution in [-0.2, 0) is 0 Å². The van der Waals surface area contributed by atoms with Crippen LogP contribution in [0.1, 0.15) is 24.6 Å². The highest BCUT2D eigenvalue weighted by Gasteiger charge is 2.29. The molecule has 1 aromatic heterocycles. The molecule has 0 spiro atoms. The molecule has 3 rings (SSSR count). The molecule has 0 saturated heterocycles. The van der Waals surface area contributed by atoms with Crippen molar-refractivity contribution in [2.24, 2.45) is 0 Å². The Morgan fingerprint density at radius 3 is 2.44 bits per heavy atom. The second-order valence-electron chi connectivity index (χ2n) is 3.97. The maximum absolute atomic E-state index is 9.33. The van der Waals surface area contributed by atoms with E-state index in [4.69, 9.17) is 4.52 Å². The third-order valence-electron chi connectivity index (χ3n) is 2.53. The lowest BCUT2D eigenvalue weighted by Crippen LogP contribution is -1.82. The highest BCUT2D eigenvalue weighted by Crippen LogP contribution is 2.39. The standard InChI is InChI=1S/C11H10N2O3/c14-8-3-7(4-9(15)5-8)11-12-10(13-16-11)6-1-2-6/h3-6,14-15H,1-2H2. The quantitative estimate of drug-likeness (QED) is 0.806. The number of hydrogen-bond acceptors (Lipinski definition) is 5. The number of aromatic hydroxyl groups is 2. The highest BCUT2D eigenvalue weighted by molar-refractivity contribution is 5.58. The summed E-state index contributed by atoms with van der Waals surface area (Å²) in [5.41, 5.74) is 0.525. The van der Waals surface area contributed by atoms with Gasteiger partial charge in [0.25, 0.3) is 5.89 Å². The zero-order valence-electron chi connectivity index (χ0n) is 8.42. The van der Waals surface area contributed by atoms with Crippen LogP contribution >= 0.6 is 0 Å². The van der Waals surface area contributed by atoms with Crippen molar-refractivity contribution in [3.63, 3.8) is 0 Å². The van der Waals surface area contributed by atoms with Gasteiger partial charge in [-0.3, -0.25) is 0 Å². The molecule has 0 radical (unpaired) electrons. The van der Waals surface area contributed by atoms with Crippen LogP contribution in [0.4, 0.5) is 0 Å². The third kappa shape index (κ3) is 1.60. The number of benzene rings is 1. The van der Waals surface area contributed by atoms with E-state index in [0.29, 0.717) is 23.2 Å². The largest absolute Gasteiger partial charge is 0.508 e. The van der Waals surface area contributed by atoms with Crippen LogP contribution in [0.3, 0.4) is 0 Å². The second-order valence-corrected chi connectivity index (χ2v) is 3.97. The molecule has 2 aromatic rings. The van der Waals surface area contributed by atoms with Crippen LogP contribution in [0.5, 0.6) is 11.5 Å². The molecule has 82 valence electrons. The van der Waals surface area contributed by atoms with Gasteiger partial charge in [0.2, 0.25) is 0 Å². The molecule has 0 atom stereocenters. The van der Waals surface area contributed by atoms with Crippen LogP contribution in [0.15, 0.2) is 22.7 Å². The Kier molecular flexibility index (Phi) is 1.86. The summed E-state index contributed by atoms with van der Waals surface area (Å²) in [6, 6.07) is 4.20. The van der Waals surface area contributed by atoms with Gasteiger partial charge in [0.1, 0.15) is 11.5 Å². The molecule has 16 heavy (non-hydrogen) atoms. The van der Waals surface area contributed by atoms with Gasteiger partial charge in [-0.1, -0.05) is 5.16 Å². The Morgan fingerprint density at radius 2 is 1.81 bits per heavy atom. The van der Waals surface area contributed by atoms with Crippen LogP contribution in [0, 0.1) is 0 Å². The molecule has 5 heteroatoms. The molecule has 1 heterocycles. The Hall–Kier alpha value is -2.04. The molecule has 0 aliphatic heterocycles. The summed E-state index contributed by atoms with van der Waals surface area (Å²) in [7, 11) is 0. The number of hydrogen-bond donors (Lipinski definition) is 2. The molecule has 1 aromatic carbocycles. The molecule has 1 aliphatic rings. The monoisotopic (exact) mass is 218 g/mol. The van der Waals surface area contributed by atoms with Crippen LogP contribution in [-0.4, -0.2) is 20.4 Å². The van der Waals surface area contributed by atoms with E-state index in [1.807, 2.05) is 0 Å². The van der Waals surface area contributed by atoms with Crippen molar-refractivity contribution in [1.82, 2.24) is 10.1 Å². The third-order valence-corrected chi connectivity index (χ3v) is 2.53. The zero-order valence-corrected chi connectivity index (χ0v) is 8.42. The van der Waals surface area contributed by atoms with Crippen molar-refractivity contribution < 1.29 is 14.7 Å². The van der Waals surface area contributed by atoms with Crippen LogP contribution in [0.2, 0.25) is 0 Å². The first-order valence-corrected chi connectivity index (χ1v) is 5.09. The first-order chi connectivity index (χ1) is 7.72. The number of phenolic OH excluding ortho intramolecular Hbond substituents is 2. The minimum absolute atomic E-state index is 0.0267. The summed E-state index contributed by atoms with van der Waals surface area (Å²) in [5, 5.41) is 22.5. The van der Waals surface area contributed by atoms with E-state index in [0.717, 1.165) is 12.8 Å². The number of nitrogens with zero attached hydrogens (tertiary/aromatic N) is 2. The maximum atomic E-state index is 9.33. The summed E-state index contributed by atoms with van der Waals surface area (Å²) < 4.78 is 5.08. The fraction of sp³-hybridized carbons (Fsp3) is 0.273. The summed E-state index contributed by atoms with van der Waals surface area (Å²) in [4.78, 5) is 4.22. The first kappa shape index (κ1) is 9.21. The lowest BCUT2D eigenvalue weighted by Gasteiger charge is -1.97. The minimum atomic E-state index is -0.0267. The topological polar surface area (TPSA) is 79.4 Å². The Labute approximate surface area is 91.4 Å². The Morgan fingerprint density at radius 1 is 1.12 bits per heavy atom. The molecule has 1 saturated carbocycles. The van der Waals surface area contributed by atoms with E-state index in [2.05, 4.69) is 10.1 Å². The van der Waals surface area contributed by atoms with Gasteiger partial charge < -0.3 is 14.7 Å². The molecule has 1 fully saturated rings. The summed E-state index contributed by atoms with van der Waals surface area (Å²) >= 11 is 0. The van der Waals surface area contributed by atoms with Crippen LogP contribution in [0.25, 0.3) is 11.5 Å². The van der Waals surface area contributed by atoms with E-state index in [9.17, 15) is 10.2 Å². The average molecular weight is 218 g/mol. The van der Waals surface area contributed by atoms with Crippen molar-refractivity contribution in [2.45, 2.75) is 18.8 Å². The fourth-order valence-corrected chi connectivity index (χ4v) is 1.58. The molecule has 0 unspecified atom stereocenters. The Bertz CT molecular complexity index is 512. The smallest absolute Gasteiger partial charge is 0.258 e. The minimum Gasteiger partial charge on any atom is -0.508 e.